The van der Waals surface area contributed by atoms with Crippen LogP contribution < -0.4 is 0 Å². The van der Waals surface area contributed by atoms with E-state index in [4.69, 9.17) is 0 Å². The van der Waals surface area contributed by atoms with Gasteiger partial charge in [0, 0.05) is 13.1 Å². The Balaban J connectivity index is 2.46. The van der Waals surface area contributed by atoms with Gasteiger partial charge in [-0.15, -0.1) is 0 Å². The Morgan fingerprint density at radius 3 is 2.92 bits per heavy atom. The molecule has 0 bridgehead atoms. The molecule has 12 heavy (non-hydrogen) atoms. The highest BCUT2D eigenvalue weighted by Crippen LogP contribution is 2.15. The number of methoxy groups -OCH3 is 1. The fourth-order valence-electron chi connectivity index (χ4n) is 1.65. The van der Waals surface area contributed by atoms with Crippen molar-refractivity contribution in [1.82, 2.24) is 4.90 Å². The number of likely N-dealkylation sites (tertiary alicyclic amines) is 1. The molecule has 0 aliphatic carbocycles. The highest BCUT2D eigenvalue weighted by Gasteiger charge is 2.19. The summed E-state index contributed by atoms with van der Waals surface area (Å²) >= 11 is 0. The van der Waals surface area contributed by atoms with Crippen LogP contribution in [-0.4, -0.2) is 31.2 Å². The van der Waals surface area contributed by atoms with Crippen LogP contribution in [0.3, 0.4) is 0 Å². The summed E-state index contributed by atoms with van der Waals surface area (Å²) in [5.74, 6) is 0.617. The summed E-state index contributed by atoms with van der Waals surface area (Å²) in [5, 5.41) is 0. The maximum absolute atomic E-state index is 11.2. The first-order valence-corrected chi connectivity index (χ1v) is 4.57. The van der Waals surface area contributed by atoms with E-state index in [0.717, 1.165) is 19.5 Å². The standard InChI is InChI=1S/C9H17NO2/c1-8-5-3-4-6-10(7-8)9(11)12-2/h8H,3-7H2,1-2H3. The molecule has 1 fully saturated rings. The topological polar surface area (TPSA) is 29.5 Å². The summed E-state index contributed by atoms with van der Waals surface area (Å²) in [6.45, 7) is 3.89. The first-order valence-electron chi connectivity index (χ1n) is 4.57. The van der Waals surface area contributed by atoms with Crippen molar-refractivity contribution in [2.24, 2.45) is 5.92 Å². The molecule has 0 spiro atoms. The van der Waals surface area contributed by atoms with Gasteiger partial charge in [-0.3, -0.25) is 0 Å². The van der Waals surface area contributed by atoms with Crippen LogP contribution in [0.5, 0.6) is 0 Å². The average Bonchev–Trinajstić information content (AvgIpc) is 2.28. The normalized spacial score (nSPS) is 24.8. The number of hydrogen-bond donors (Lipinski definition) is 0. The Labute approximate surface area is 73.7 Å². The number of ether oxygens (including phenoxy) is 1. The molecule has 1 rings (SSSR count). The maximum atomic E-state index is 11.2. The van der Waals surface area contributed by atoms with Gasteiger partial charge in [0.1, 0.15) is 0 Å². The Kier molecular flexibility index (Phi) is 3.38. The number of nitrogens with zero attached hydrogens (tertiary/aromatic N) is 1. The molecule has 1 atom stereocenters. The van der Waals surface area contributed by atoms with Crippen molar-refractivity contribution in [3.8, 4) is 0 Å². The van der Waals surface area contributed by atoms with E-state index >= 15 is 0 Å². The lowest BCUT2D eigenvalue weighted by atomic mass is 10.1. The van der Waals surface area contributed by atoms with Crippen LogP contribution in [0.1, 0.15) is 26.2 Å². The predicted octanol–water partition coefficient (Wildman–Crippen LogP) is 1.87. The molecule has 1 saturated heterocycles. The third-order valence-corrected chi connectivity index (χ3v) is 2.34. The lowest BCUT2D eigenvalue weighted by Crippen LogP contribution is -2.33. The lowest BCUT2D eigenvalue weighted by molar-refractivity contribution is 0.120. The number of carbonyl (C=O) groups is 1. The van der Waals surface area contributed by atoms with Gasteiger partial charge in [-0.25, -0.2) is 4.79 Å². The van der Waals surface area contributed by atoms with E-state index in [1.165, 1.54) is 20.0 Å². The summed E-state index contributed by atoms with van der Waals surface area (Å²) in [7, 11) is 1.44. The molecular weight excluding hydrogens is 154 g/mol. The second kappa shape index (κ2) is 4.33. The van der Waals surface area contributed by atoms with Crippen LogP contribution >= 0.6 is 0 Å². The van der Waals surface area contributed by atoms with Gasteiger partial charge in [-0.1, -0.05) is 13.3 Å². The van der Waals surface area contributed by atoms with Crippen LogP contribution in [0.15, 0.2) is 0 Å². The van der Waals surface area contributed by atoms with E-state index in [2.05, 4.69) is 11.7 Å². The molecule has 1 aliphatic heterocycles. The molecule has 0 aromatic heterocycles. The van der Waals surface area contributed by atoms with Gasteiger partial charge in [0.15, 0.2) is 0 Å². The Hall–Kier alpha value is -0.730. The smallest absolute Gasteiger partial charge is 0.409 e. The van der Waals surface area contributed by atoms with E-state index in [0.29, 0.717) is 5.92 Å². The molecule has 0 saturated carbocycles. The highest BCUT2D eigenvalue weighted by molar-refractivity contribution is 5.67. The second-order valence-corrected chi connectivity index (χ2v) is 3.52. The molecule has 0 aromatic rings. The quantitative estimate of drug-likeness (QED) is 0.557. The molecule has 0 radical (unpaired) electrons. The van der Waals surface area contributed by atoms with E-state index in [1.54, 1.807) is 4.90 Å². The lowest BCUT2D eigenvalue weighted by Gasteiger charge is -2.20. The zero-order valence-corrected chi connectivity index (χ0v) is 7.88. The first kappa shape index (κ1) is 9.36. The highest BCUT2D eigenvalue weighted by atomic mass is 16.5. The van der Waals surface area contributed by atoms with Crippen LogP contribution in [0.25, 0.3) is 0 Å². The molecule has 1 amide bonds. The monoisotopic (exact) mass is 171 g/mol. The van der Waals surface area contributed by atoms with Gasteiger partial charge in [0.05, 0.1) is 7.11 Å². The number of amides is 1. The Morgan fingerprint density at radius 1 is 1.50 bits per heavy atom. The molecular formula is C9H17NO2. The van der Waals surface area contributed by atoms with Crippen molar-refractivity contribution in [2.45, 2.75) is 26.2 Å². The van der Waals surface area contributed by atoms with Crippen molar-refractivity contribution < 1.29 is 9.53 Å². The largest absolute Gasteiger partial charge is 0.453 e. The van der Waals surface area contributed by atoms with Gasteiger partial charge in [-0.05, 0) is 18.8 Å². The van der Waals surface area contributed by atoms with Crippen LogP contribution in [0, 0.1) is 5.92 Å². The van der Waals surface area contributed by atoms with E-state index in [-0.39, 0.29) is 6.09 Å². The average molecular weight is 171 g/mol. The van der Waals surface area contributed by atoms with Gasteiger partial charge in [0.2, 0.25) is 0 Å². The van der Waals surface area contributed by atoms with Crippen molar-refractivity contribution in [3.05, 3.63) is 0 Å². The summed E-state index contributed by atoms with van der Waals surface area (Å²) in [6.07, 6.45) is 3.39. The molecule has 70 valence electrons. The summed E-state index contributed by atoms with van der Waals surface area (Å²) in [4.78, 5) is 13.0. The van der Waals surface area contributed by atoms with Gasteiger partial charge >= 0.3 is 6.09 Å². The molecule has 1 aliphatic rings. The third-order valence-electron chi connectivity index (χ3n) is 2.34. The summed E-state index contributed by atoms with van der Waals surface area (Å²) < 4.78 is 4.68. The first-order chi connectivity index (χ1) is 5.74. The van der Waals surface area contributed by atoms with E-state index in [1.807, 2.05) is 0 Å². The van der Waals surface area contributed by atoms with Crippen LogP contribution in [0.2, 0.25) is 0 Å². The molecule has 0 aromatic carbocycles. The number of carbonyl (C=O) groups excluding carboxylic acids is 1. The van der Waals surface area contributed by atoms with Crippen LogP contribution in [0.4, 0.5) is 4.79 Å². The maximum Gasteiger partial charge on any atom is 0.409 e. The second-order valence-electron chi connectivity index (χ2n) is 3.52. The van der Waals surface area contributed by atoms with Gasteiger partial charge < -0.3 is 9.64 Å². The molecule has 1 unspecified atom stereocenters. The third kappa shape index (κ3) is 2.40. The Bertz CT molecular complexity index is 159. The molecule has 0 N–H and O–H groups in total. The number of hydrogen-bond acceptors (Lipinski definition) is 2. The van der Waals surface area contributed by atoms with Crippen molar-refractivity contribution in [3.63, 3.8) is 0 Å². The van der Waals surface area contributed by atoms with Crippen LogP contribution in [-0.2, 0) is 4.74 Å². The van der Waals surface area contributed by atoms with Gasteiger partial charge in [-0.2, -0.15) is 0 Å². The number of rotatable bonds is 0. The van der Waals surface area contributed by atoms with Gasteiger partial charge in [0.25, 0.3) is 0 Å². The minimum absolute atomic E-state index is 0.177. The zero-order chi connectivity index (χ0) is 8.97. The SMILES string of the molecule is COC(=O)N1CCCCC(C)C1. The fourth-order valence-corrected chi connectivity index (χ4v) is 1.65. The summed E-state index contributed by atoms with van der Waals surface area (Å²) in [6, 6.07) is 0. The van der Waals surface area contributed by atoms with Crippen molar-refractivity contribution >= 4 is 6.09 Å². The fraction of sp³-hybridized carbons (Fsp3) is 0.889. The predicted molar refractivity (Wildman–Crippen MR) is 47.0 cm³/mol. The Morgan fingerprint density at radius 2 is 2.25 bits per heavy atom. The molecule has 3 nitrogen and oxygen atoms in total. The van der Waals surface area contributed by atoms with Crippen molar-refractivity contribution in [2.75, 3.05) is 20.2 Å². The molecule has 1 heterocycles. The zero-order valence-electron chi connectivity index (χ0n) is 7.88. The minimum atomic E-state index is -0.177. The van der Waals surface area contributed by atoms with E-state index < -0.39 is 0 Å². The van der Waals surface area contributed by atoms with Crippen molar-refractivity contribution in [1.29, 1.82) is 0 Å². The minimum Gasteiger partial charge on any atom is -0.453 e. The summed E-state index contributed by atoms with van der Waals surface area (Å²) in [5.41, 5.74) is 0. The molecule has 3 heteroatoms. The van der Waals surface area contributed by atoms with E-state index in [9.17, 15) is 4.79 Å².